The average Bonchev–Trinajstić information content (AvgIpc) is 2.54. The molecule has 0 aliphatic carbocycles. The molecule has 6 nitrogen and oxygen atoms in total. The minimum absolute atomic E-state index is 0.206. The van der Waals surface area contributed by atoms with Crippen LogP contribution in [0.2, 0.25) is 0 Å². The van der Waals surface area contributed by atoms with Gasteiger partial charge in [-0.2, -0.15) is 0 Å². The predicted molar refractivity (Wildman–Crippen MR) is 81.4 cm³/mol. The molecule has 0 aliphatic rings. The number of carbonyl (C=O) groups is 1. The zero-order valence-corrected chi connectivity index (χ0v) is 13.2. The molecule has 8 heteroatoms. The summed E-state index contributed by atoms with van der Waals surface area (Å²) in [7, 11) is -1.58. The molecule has 2 aromatic carbocycles. The van der Waals surface area contributed by atoms with Crippen molar-refractivity contribution < 1.29 is 27.4 Å². The molecule has 0 unspecified atom stereocenters. The Kier molecular flexibility index (Phi) is 4.55. The van der Waals surface area contributed by atoms with Crippen LogP contribution in [-0.2, 0) is 14.8 Å². The molecule has 0 radical (unpaired) electrons. The molecular weight excluding hydrogens is 325 g/mol. The number of methoxy groups -OCH3 is 1. The molecule has 0 saturated heterocycles. The summed E-state index contributed by atoms with van der Waals surface area (Å²) in [4.78, 5) is 11.4. The first-order valence-corrected chi connectivity index (χ1v) is 7.87. The molecular formula is C15H14FNO5S. The first-order chi connectivity index (χ1) is 10.8. The van der Waals surface area contributed by atoms with Gasteiger partial charge in [-0.3, -0.25) is 4.31 Å². The number of hydrogen-bond donors (Lipinski definition) is 1. The van der Waals surface area contributed by atoms with Gasteiger partial charge in [-0.05, 0) is 42.5 Å². The number of sulfonamides is 1. The summed E-state index contributed by atoms with van der Waals surface area (Å²) in [6.45, 7) is 0. The van der Waals surface area contributed by atoms with Crippen molar-refractivity contribution in [1.82, 2.24) is 0 Å². The van der Waals surface area contributed by atoms with Gasteiger partial charge in [0, 0.05) is 7.05 Å². The van der Waals surface area contributed by atoms with Gasteiger partial charge >= 0.3 is 5.97 Å². The van der Waals surface area contributed by atoms with Crippen molar-refractivity contribution in [1.29, 1.82) is 0 Å². The van der Waals surface area contributed by atoms with E-state index in [1.807, 2.05) is 0 Å². The number of hydrogen-bond acceptors (Lipinski definition) is 5. The van der Waals surface area contributed by atoms with Crippen LogP contribution in [0.1, 0.15) is 10.4 Å². The van der Waals surface area contributed by atoms with Crippen LogP contribution in [0.5, 0.6) is 5.75 Å². The van der Waals surface area contributed by atoms with Crippen LogP contribution in [0.3, 0.4) is 0 Å². The Balaban J connectivity index is 2.47. The molecule has 122 valence electrons. The summed E-state index contributed by atoms with van der Waals surface area (Å²) in [5.74, 6) is -1.73. The summed E-state index contributed by atoms with van der Waals surface area (Å²) in [5, 5.41) is 9.64. The van der Waals surface area contributed by atoms with E-state index in [1.165, 1.54) is 19.2 Å². The number of nitrogens with zero attached hydrogens (tertiary/aromatic N) is 1. The van der Waals surface area contributed by atoms with Crippen LogP contribution in [0, 0.1) is 5.82 Å². The summed E-state index contributed by atoms with van der Waals surface area (Å²) in [6.07, 6.45) is 0. The number of benzene rings is 2. The standard InChI is InChI=1S/C15H14FNO5S/c1-17(11-5-3-10(16)4-6-11)23(20,21)12-7-8-14(18)13(9-12)15(19)22-2/h3-9,18H,1-2H3. The Bertz CT molecular complexity index is 833. The largest absolute Gasteiger partial charge is 0.507 e. The second-order valence-corrected chi connectivity index (χ2v) is 6.59. The number of phenolic OH excluding ortho intramolecular Hbond substituents is 1. The summed E-state index contributed by atoms with van der Waals surface area (Å²) >= 11 is 0. The number of halogens is 1. The highest BCUT2D eigenvalue weighted by Gasteiger charge is 2.24. The molecule has 0 amide bonds. The minimum atomic E-state index is -3.99. The fraction of sp³-hybridized carbons (Fsp3) is 0.133. The van der Waals surface area contributed by atoms with Crippen LogP contribution in [0.25, 0.3) is 0 Å². The maximum atomic E-state index is 12.9. The van der Waals surface area contributed by atoms with Gasteiger partial charge < -0.3 is 9.84 Å². The van der Waals surface area contributed by atoms with E-state index in [0.29, 0.717) is 0 Å². The van der Waals surface area contributed by atoms with Crippen molar-refractivity contribution in [2.45, 2.75) is 4.90 Å². The molecule has 0 fully saturated rings. The average molecular weight is 339 g/mol. The smallest absolute Gasteiger partial charge is 0.341 e. The second-order valence-electron chi connectivity index (χ2n) is 4.62. The number of anilines is 1. The zero-order chi connectivity index (χ0) is 17.2. The van der Waals surface area contributed by atoms with E-state index in [4.69, 9.17) is 0 Å². The Morgan fingerprint density at radius 3 is 2.35 bits per heavy atom. The third kappa shape index (κ3) is 3.26. The Morgan fingerprint density at radius 2 is 1.78 bits per heavy atom. The van der Waals surface area contributed by atoms with Crippen LogP contribution >= 0.6 is 0 Å². The highest BCUT2D eigenvalue weighted by Crippen LogP contribution is 2.26. The first-order valence-electron chi connectivity index (χ1n) is 6.43. The Hall–Kier alpha value is -2.61. The fourth-order valence-electron chi connectivity index (χ4n) is 1.90. The quantitative estimate of drug-likeness (QED) is 0.863. The number of rotatable bonds is 4. The highest BCUT2D eigenvalue weighted by atomic mass is 32.2. The Labute approximate surface area is 132 Å². The van der Waals surface area contributed by atoms with Gasteiger partial charge in [0.25, 0.3) is 10.0 Å². The maximum Gasteiger partial charge on any atom is 0.341 e. The van der Waals surface area contributed by atoms with Crippen molar-refractivity contribution in [3.05, 3.63) is 53.8 Å². The lowest BCUT2D eigenvalue weighted by Crippen LogP contribution is -2.26. The van der Waals surface area contributed by atoms with Crippen LogP contribution < -0.4 is 4.31 Å². The molecule has 1 N–H and O–H groups in total. The number of carbonyl (C=O) groups excluding carboxylic acids is 1. The van der Waals surface area contributed by atoms with E-state index in [-0.39, 0.29) is 21.9 Å². The van der Waals surface area contributed by atoms with Crippen LogP contribution in [0.15, 0.2) is 47.4 Å². The minimum Gasteiger partial charge on any atom is -0.507 e. The summed E-state index contributed by atoms with van der Waals surface area (Å²) in [6, 6.07) is 8.18. The van der Waals surface area contributed by atoms with Crippen molar-refractivity contribution in [3.8, 4) is 5.75 Å². The SMILES string of the molecule is COC(=O)c1cc(S(=O)(=O)N(C)c2ccc(F)cc2)ccc1O. The lowest BCUT2D eigenvalue weighted by Gasteiger charge is -2.20. The van der Waals surface area contributed by atoms with Crippen molar-refractivity contribution in [2.24, 2.45) is 0 Å². The van der Waals surface area contributed by atoms with Crippen molar-refractivity contribution in [2.75, 3.05) is 18.5 Å². The van der Waals surface area contributed by atoms with Crippen LogP contribution in [0.4, 0.5) is 10.1 Å². The molecule has 2 aromatic rings. The number of aromatic hydroxyl groups is 1. The monoisotopic (exact) mass is 339 g/mol. The van der Waals surface area contributed by atoms with Crippen molar-refractivity contribution in [3.63, 3.8) is 0 Å². The van der Waals surface area contributed by atoms with Gasteiger partial charge in [-0.1, -0.05) is 0 Å². The van der Waals surface area contributed by atoms with Crippen molar-refractivity contribution >= 4 is 21.7 Å². The van der Waals surface area contributed by atoms with E-state index in [0.717, 1.165) is 41.7 Å². The number of phenols is 1. The van der Waals surface area contributed by atoms with Gasteiger partial charge in [0.15, 0.2) is 0 Å². The summed E-state index contributed by atoms with van der Waals surface area (Å²) in [5.41, 5.74) is -0.0137. The molecule has 0 atom stereocenters. The third-order valence-corrected chi connectivity index (χ3v) is 5.00. The molecule has 23 heavy (non-hydrogen) atoms. The predicted octanol–water partition coefficient (Wildman–Crippen LogP) is 2.14. The van der Waals surface area contributed by atoms with E-state index in [9.17, 15) is 22.7 Å². The molecule has 0 saturated carbocycles. The van der Waals surface area contributed by atoms with E-state index < -0.39 is 21.8 Å². The Morgan fingerprint density at radius 1 is 1.17 bits per heavy atom. The molecule has 0 bridgehead atoms. The summed E-state index contributed by atoms with van der Waals surface area (Å²) < 4.78 is 43.6. The molecule has 0 aromatic heterocycles. The number of ether oxygens (including phenoxy) is 1. The van der Waals surface area contributed by atoms with Gasteiger partial charge in [0.2, 0.25) is 0 Å². The van der Waals surface area contributed by atoms with Gasteiger partial charge in [-0.25, -0.2) is 17.6 Å². The van der Waals surface area contributed by atoms with Crippen LogP contribution in [-0.4, -0.2) is 33.7 Å². The van der Waals surface area contributed by atoms with Gasteiger partial charge in [0.05, 0.1) is 17.7 Å². The molecule has 2 rings (SSSR count). The third-order valence-electron chi connectivity index (χ3n) is 3.22. The second kappa shape index (κ2) is 6.25. The lowest BCUT2D eigenvalue weighted by atomic mass is 10.2. The van der Waals surface area contributed by atoms with E-state index in [1.54, 1.807) is 0 Å². The van der Waals surface area contributed by atoms with Gasteiger partial charge in [-0.15, -0.1) is 0 Å². The normalized spacial score (nSPS) is 11.1. The maximum absolute atomic E-state index is 12.9. The van der Waals surface area contributed by atoms with Gasteiger partial charge in [0.1, 0.15) is 17.1 Å². The molecule has 0 heterocycles. The van der Waals surface area contributed by atoms with E-state index in [2.05, 4.69) is 4.74 Å². The first kappa shape index (κ1) is 16.8. The molecule has 0 aliphatic heterocycles. The fourth-order valence-corrected chi connectivity index (χ4v) is 3.12. The van der Waals surface area contributed by atoms with E-state index >= 15 is 0 Å². The molecule has 0 spiro atoms. The lowest BCUT2D eigenvalue weighted by molar-refractivity contribution is 0.0597. The number of esters is 1. The zero-order valence-electron chi connectivity index (χ0n) is 12.4. The topological polar surface area (TPSA) is 83.9 Å². The highest BCUT2D eigenvalue weighted by molar-refractivity contribution is 7.92.